The number of aryl methyl sites for hydroxylation is 1. The summed E-state index contributed by atoms with van der Waals surface area (Å²) in [5.74, 6) is 0.831. The maximum atomic E-state index is 13.8. The van der Waals surface area contributed by atoms with Gasteiger partial charge in [0.2, 0.25) is 0 Å². The molecule has 1 atom stereocenters. The summed E-state index contributed by atoms with van der Waals surface area (Å²) in [6.07, 6.45) is 1.16. The van der Waals surface area contributed by atoms with Crippen LogP contribution in [-0.2, 0) is 19.0 Å². The first-order valence-corrected chi connectivity index (χ1v) is 11.2. The minimum atomic E-state index is -4.38. The van der Waals surface area contributed by atoms with E-state index in [1.807, 2.05) is 31.2 Å². The van der Waals surface area contributed by atoms with Crippen molar-refractivity contribution in [3.8, 4) is 0 Å². The van der Waals surface area contributed by atoms with Crippen molar-refractivity contribution in [3.05, 3.63) is 70.3 Å². The van der Waals surface area contributed by atoms with Gasteiger partial charge >= 0.3 is 6.18 Å². The Morgan fingerprint density at radius 3 is 2.48 bits per heavy atom. The smallest absolute Gasteiger partial charge is 0.260 e. The van der Waals surface area contributed by atoms with E-state index in [1.54, 1.807) is 12.1 Å². The molecule has 2 aromatic rings. The molecule has 0 fully saturated rings. The summed E-state index contributed by atoms with van der Waals surface area (Å²) in [7, 11) is 0. The molecule has 3 rings (SSSR count). The summed E-state index contributed by atoms with van der Waals surface area (Å²) < 4.78 is 41.5. The molecule has 0 saturated heterocycles. The minimum Gasteiger partial charge on any atom is -0.260 e. The molecule has 2 aromatic carbocycles. The molecule has 0 N–H and O–H groups in total. The van der Waals surface area contributed by atoms with Gasteiger partial charge in [-0.3, -0.25) is 4.99 Å². The van der Waals surface area contributed by atoms with Crippen LogP contribution in [0.5, 0.6) is 0 Å². The number of nitrogens with zero attached hydrogens (tertiary/aromatic N) is 2. The molecule has 0 radical (unpaired) electrons. The fourth-order valence-corrected chi connectivity index (χ4v) is 4.11. The first-order valence-electron chi connectivity index (χ1n) is 11.2. The highest BCUT2D eigenvalue weighted by atomic mass is 19.4. The highest BCUT2D eigenvalue weighted by Gasteiger charge is 2.34. The van der Waals surface area contributed by atoms with Crippen molar-refractivity contribution in [3.63, 3.8) is 0 Å². The molecule has 0 amide bonds. The minimum absolute atomic E-state index is 0.225. The zero-order valence-corrected chi connectivity index (χ0v) is 18.6. The predicted molar refractivity (Wildman–Crippen MR) is 122 cm³/mol. The van der Waals surface area contributed by atoms with Gasteiger partial charge in [0.15, 0.2) is 5.84 Å². The average molecular weight is 429 g/mol. The van der Waals surface area contributed by atoms with Gasteiger partial charge < -0.3 is 0 Å². The van der Waals surface area contributed by atoms with Gasteiger partial charge in [-0.15, -0.1) is 0 Å². The normalized spacial score (nSPS) is 15.0. The molecule has 5 heteroatoms. The third kappa shape index (κ3) is 5.84. The molecule has 31 heavy (non-hydrogen) atoms. The third-order valence-corrected chi connectivity index (χ3v) is 5.88. The number of amidine groups is 1. The summed E-state index contributed by atoms with van der Waals surface area (Å²) in [5, 5.41) is 0. The van der Waals surface area contributed by atoms with Crippen molar-refractivity contribution in [1.82, 2.24) is 0 Å². The molecule has 166 valence electrons. The highest BCUT2D eigenvalue weighted by molar-refractivity contribution is 6.17. The van der Waals surface area contributed by atoms with Crippen LogP contribution in [0.3, 0.4) is 0 Å². The van der Waals surface area contributed by atoms with Crippen LogP contribution in [0.2, 0.25) is 0 Å². The zero-order chi connectivity index (χ0) is 22.4. The second-order valence-corrected chi connectivity index (χ2v) is 8.38. The maximum Gasteiger partial charge on any atom is 0.416 e. The second kappa shape index (κ2) is 10.3. The molecule has 2 nitrogen and oxygen atoms in total. The molecular weight excluding hydrogens is 397 g/mol. The molecule has 0 spiro atoms. The van der Waals surface area contributed by atoms with Crippen LogP contribution in [0.15, 0.2) is 52.4 Å². The van der Waals surface area contributed by atoms with E-state index in [2.05, 4.69) is 23.8 Å². The number of unbranched alkanes of at least 4 members (excludes halogenated alkanes) is 2. The average Bonchev–Trinajstić information content (AvgIpc) is 3.23. The first kappa shape index (κ1) is 23.2. The standard InChI is InChI=1S/C26H31F3N2/c1-4-6-7-10-18(3)15-20-13-14-21(16-23(20)26(27,28)29)24-17-30-25(31-24)22-12-9-8-11-19(22)5-2/h8-9,11-14,16,18H,4-7,10,15,17H2,1-3H3. The Labute approximate surface area is 183 Å². The SMILES string of the molecule is CCCCCC(C)Cc1ccc(C2=NC(c3ccccc3CC)=NC2)cc1C(F)(F)F. The summed E-state index contributed by atoms with van der Waals surface area (Å²) in [6, 6.07) is 12.6. The molecule has 0 saturated carbocycles. The van der Waals surface area contributed by atoms with E-state index >= 15 is 0 Å². The molecule has 1 aliphatic rings. The fourth-order valence-electron chi connectivity index (χ4n) is 4.11. The molecule has 0 aromatic heterocycles. The van der Waals surface area contributed by atoms with Crippen LogP contribution in [0, 0.1) is 5.92 Å². The molecule has 0 bridgehead atoms. The van der Waals surface area contributed by atoms with Crippen LogP contribution in [0.1, 0.15) is 74.3 Å². The Kier molecular flexibility index (Phi) is 7.69. The van der Waals surface area contributed by atoms with Gasteiger partial charge in [0.25, 0.3) is 0 Å². The first-order chi connectivity index (χ1) is 14.8. The van der Waals surface area contributed by atoms with E-state index in [-0.39, 0.29) is 5.92 Å². The summed E-state index contributed by atoms with van der Waals surface area (Å²) >= 11 is 0. The molecule has 0 aliphatic carbocycles. The van der Waals surface area contributed by atoms with Crippen LogP contribution in [0.25, 0.3) is 0 Å². The third-order valence-electron chi connectivity index (χ3n) is 5.88. The van der Waals surface area contributed by atoms with E-state index in [1.165, 1.54) is 6.07 Å². The second-order valence-electron chi connectivity index (χ2n) is 8.38. The fraction of sp³-hybridized carbons (Fsp3) is 0.462. The van der Waals surface area contributed by atoms with Crippen molar-refractivity contribution in [2.75, 3.05) is 6.54 Å². The lowest BCUT2D eigenvalue weighted by atomic mass is 9.91. The van der Waals surface area contributed by atoms with E-state index in [4.69, 9.17) is 0 Å². The largest absolute Gasteiger partial charge is 0.416 e. The van der Waals surface area contributed by atoms with Gasteiger partial charge in [-0.05, 0) is 41.5 Å². The Morgan fingerprint density at radius 2 is 1.77 bits per heavy atom. The Hall–Kier alpha value is -2.43. The van der Waals surface area contributed by atoms with Gasteiger partial charge in [-0.2, -0.15) is 13.2 Å². The Morgan fingerprint density at radius 1 is 1.00 bits per heavy atom. The van der Waals surface area contributed by atoms with Crippen molar-refractivity contribution in [1.29, 1.82) is 0 Å². The van der Waals surface area contributed by atoms with Crippen LogP contribution < -0.4 is 0 Å². The van der Waals surface area contributed by atoms with E-state index in [0.717, 1.165) is 43.2 Å². The molecule has 1 heterocycles. The molecule has 1 unspecified atom stereocenters. The zero-order valence-electron chi connectivity index (χ0n) is 18.6. The van der Waals surface area contributed by atoms with Crippen molar-refractivity contribution in [2.24, 2.45) is 15.9 Å². The number of hydrogen-bond donors (Lipinski definition) is 0. The molecular formula is C26H31F3N2. The lowest BCUT2D eigenvalue weighted by molar-refractivity contribution is -0.138. The number of hydrogen-bond acceptors (Lipinski definition) is 2. The number of rotatable bonds is 9. The number of halogens is 3. The maximum absolute atomic E-state index is 13.8. The molecule has 1 aliphatic heterocycles. The van der Waals surface area contributed by atoms with Gasteiger partial charge in [0.05, 0.1) is 17.8 Å². The van der Waals surface area contributed by atoms with Gasteiger partial charge in [-0.25, -0.2) is 4.99 Å². The van der Waals surface area contributed by atoms with Gasteiger partial charge in [0, 0.05) is 5.56 Å². The topological polar surface area (TPSA) is 24.7 Å². The van der Waals surface area contributed by atoms with Crippen molar-refractivity contribution < 1.29 is 13.2 Å². The lowest BCUT2D eigenvalue weighted by Crippen LogP contribution is -2.14. The van der Waals surface area contributed by atoms with Crippen molar-refractivity contribution in [2.45, 2.75) is 65.5 Å². The quantitative estimate of drug-likeness (QED) is 0.375. The van der Waals surface area contributed by atoms with Crippen molar-refractivity contribution >= 4 is 11.5 Å². The van der Waals surface area contributed by atoms with E-state index in [0.29, 0.717) is 35.6 Å². The summed E-state index contributed by atoms with van der Waals surface area (Å²) in [5.41, 5.74) is 3.01. The highest BCUT2D eigenvalue weighted by Crippen LogP contribution is 2.34. The number of aliphatic imine (C=N–C) groups is 2. The summed E-state index contributed by atoms with van der Waals surface area (Å²) in [4.78, 5) is 9.11. The Balaban J connectivity index is 1.84. The predicted octanol–water partition coefficient (Wildman–Crippen LogP) is 7.28. The monoisotopic (exact) mass is 428 g/mol. The van der Waals surface area contributed by atoms with Crippen LogP contribution in [-0.4, -0.2) is 18.1 Å². The summed E-state index contributed by atoms with van der Waals surface area (Å²) in [6.45, 7) is 6.54. The lowest BCUT2D eigenvalue weighted by Gasteiger charge is -2.18. The van der Waals surface area contributed by atoms with Crippen LogP contribution in [0.4, 0.5) is 13.2 Å². The van der Waals surface area contributed by atoms with Gasteiger partial charge in [-0.1, -0.05) is 82.9 Å². The van der Waals surface area contributed by atoms with Gasteiger partial charge in [0.1, 0.15) is 0 Å². The van der Waals surface area contributed by atoms with E-state index in [9.17, 15) is 13.2 Å². The van der Waals surface area contributed by atoms with Crippen LogP contribution >= 0.6 is 0 Å². The Bertz CT molecular complexity index is 957. The number of alkyl halides is 3. The number of benzene rings is 2. The van der Waals surface area contributed by atoms with E-state index < -0.39 is 11.7 Å².